The Morgan fingerprint density at radius 3 is 2.41 bits per heavy atom. The molecule has 0 amide bonds. The molecule has 3 aromatic rings. The third-order valence-corrected chi connectivity index (χ3v) is 3.76. The molecule has 0 saturated heterocycles. The maximum atomic E-state index is 12.6. The molecule has 3 rings (SSSR count). The molecule has 112 valence electrons. The standard InChI is InChI=1S/C17H14O5/c1-9(21-2)10-3-5-14-12(7-10)16(18)13-8-11(17(19)20)4-6-15(13)22-14/h3-9H,1-2H3,(H,19,20). The molecule has 1 heterocycles. The van der Waals surface area contributed by atoms with Crippen molar-refractivity contribution in [3.8, 4) is 0 Å². The predicted octanol–water partition coefficient (Wildman–Crippen LogP) is 3.35. The lowest BCUT2D eigenvalue weighted by atomic mass is 10.0. The van der Waals surface area contributed by atoms with Gasteiger partial charge in [-0.3, -0.25) is 4.79 Å². The minimum atomic E-state index is -1.08. The molecule has 22 heavy (non-hydrogen) atoms. The quantitative estimate of drug-likeness (QED) is 0.750. The molecule has 0 aliphatic carbocycles. The SMILES string of the molecule is COC(C)c1ccc2oc3ccc(C(=O)O)cc3c(=O)c2c1. The molecule has 5 nitrogen and oxygen atoms in total. The fraction of sp³-hybridized carbons (Fsp3) is 0.176. The van der Waals surface area contributed by atoms with Gasteiger partial charge in [0, 0.05) is 7.11 Å². The van der Waals surface area contributed by atoms with Gasteiger partial charge in [-0.1, -0.05) is 6.07 Å². The van der Waals surface area contributed by atoms with Crippen LogP contribution in [0.2, 0.25) is 0 Å². The molecule has 0 radical (unpaired) electrons. The van der Waals surface area contributed by atoms with E-state index in [-0.39, 0.29) is 22.5 Å². The van der Waals surface area contributed by atoms with E-state index >= 15 is 0 Å². The Kier molecular flexibility index (Phi) is 3.42. The molecule has 0 saturated carbocycles. The molecule has 1 N–H and O–H groups in total. The predicted molar refractivity (Wildman–Crippen MR) is 82.4 cm³/mol. The molecule has 1 unspecified atom stereocenters. The molecule has 0 fully saturated rings. The van der Waals surface area contributed by atoms with Crippen LogP contribution in [0.25, 0.3) is 21.9 Å². The van der Waals surface area contributed by atoms with Gasteiger partial charge in [0.25, 0.3) is 0 Å². The summed E-state index contributed by atoms with van der Waals surface area (Å²) in [6, 6.07) is 9.56. The highest BCUT2D eigenvalue weighted by Gasteiger charge is 2.13. The van der Waals surface area contributed by atoms with Gasteiger partial charge in [0.15, 0.2) is 0 Å². The Balaban J connectivity index is 2.33. The zero-order valence-corrected chi connectivity index (χ0v) is 12.1. The summed E-state index contributed by atoms with van der Waals surface area (Å²) >= 11 is 0. The van der Waals surface area contributed by atoms with Gasteiger partial charge in [-0.2, -0.15) is 0 Å². The Morgan fingerprint density at radius 2 is 1.77 bits per heavy atom. The summed E-state index contributed by atoms with van der Waals surface area (Å²) in [7, 11) is 1.59. The molecular weight excluding hydrogens is 284 g/mol. The van der Waals surface area contributed by atoms with Crippen LogP contribution in [-0.4, -0.2) is 18.2 Å². The Bertz CT molecular complexity index is 939. The second kappa shape index (κ2) is 5.27. The van der Waals surface area contributed by atoms with Crippen LogP contribution < -0.4 is 5.43 Å². The average Bonchev–Trinajstić information content (AvgIpc) is 2.53. The number of rotatable bonds is 3. The van der Waals surface area contributed by atoms with Crippen molar-refractivity contribution in [1.82, 2.24) is 0 Å². The lowest BCUT2D eigenvalue weighted by Crippen LogP contribution is -2.06. The summed E-state index contributed by atoms with van der Waals surface area (Å²) in [5, 5.41) is 9.72. The molecule has 1 aromatic heterocycles. The second-order valence-corrected chi connectivity index (χ2v) is 5.08. The maximum Gasteiger partial charge on any atom is 0.335 e. The Labute approximate surface area is 125 Å². The Morgan fingerprint density at radius 1 is 1.14 bits per heavy atom. The van der Waals surface area contributed by atoms with Crippen molar-refractivity contribution in [2.24, 2.45) is 0 Å². The van der Waals surface area contributed by atoms with Crippen molar-refractivity contribution < 1.29 is 19.1 Å². The fourth-order valence-electron chi connectivity index (χ4n) is 2.40. The maximum absolute atomic E-state index is 12.6. The average molecular weight is 298 g/mol. The first-order valence-electron chi connectivity index (χ1n) is 6.78. The van der Waals surface area contributed by atoms with Crippen LogP contribution in [-0.2, 0) is 4.74 Å². The highest BCUT2D eigenvalue weighted by atomic mass is 16.5. The molecule has 0 spiro atoms. The van der Waals surface area contributed by atoms with Crippen molar-refractivity contribution in [3.63, 3.8) is 0 Å². The van der Waals surface area contributed by atoms with Gasteiger partial charge in [-0.15, -0.1) is 0 Å². The van der Waals surface area contributed by atoms with Crippen molar-refractivity contribution in [3.05, 3.63) is 57.7 Å². The van der Waals surface area contributed by atoms with Crippen LogP contribution in [0.3, 0.4) is 0 Å². The number of aromatic carboxylic acids is 1. The number of methoxy groups -OCH3 is 1. The smallest absolute Gasteiger partial charge is 0.335 e. The summed E-state index contributed by atoms with van der Waals surface area (Å²) in [5.74, 6) is -1.08. The monoisotopic (exact) mass is 298 g/mol. The normalized spacial score (nSPS) is 12.6. The summed E-state index contributed by atoms with van der Waals surface area (Å²) in [6.45, 7) is 1.88. The van der Waals surface area contributed by atoms with Gasteiger partial charge < -0.3 is 14.3 Å². The topological polar surface area (TPSA) is 76.7 Å². The third-order valence-electron chi connectivity index (χ3n) is 3.76. The van der Waals surface area contributed by atoms with E-state index in [1.165, 1.54) is 18.2 Å². The van der Waals surface area contributed by atoms with E-state index in [1.807, 2.05) is 13.0 Å². The van der Waals surface area contributed by atoms with E-state index in [1.54, 1.807) is 19.2 Å². The molecule has 5 heteroatoms. The molecule has 0 aliphatic heterocycles. The molecule has 1 atom stereocenters. The first-order valence-corrected chi connectivity index (χ1v) is 6.78. The van der Waals surface area contributed by atoms with Gasteiger partial charge in [0.2, 0.25) is 5.43 Å². The van der Waals surface area contributed by atoms with Crippen LogP contribution in [0.1, 0.15) is 28.9 Å². The van der Waals surface area contributed by atoms with Crippen LogP contribution in [0.5, 0.6) is 0 Å². The number of benzene rings is 2. The largest absolute Gasteiger partial charge is 0.478 e. The van der Waals surface area contributed by atoms with Crippen molar-refractivity contribution in [1.29, 1.82) is 0 Å². The van der Waals surface area contributed by atoms with E-state index in [2.05, 4.69) is 0 Å². The number of hydrogen-bond donors (Lipinski definition) is 1. The zero-order chi connectivity index (χ0) is 15.9. The summed E-state index contributed by atoms with van der Waals surface area (Å²) < 4.78 is 10.9. The Hall–Kier alpha value is -2.66. The lowest BCUT2D eigenvalue weighted by molar-refractivity contribution is 0.0697. The molecule has 2 aromatic carbocycles. The van der Waals surface area contributed by atoms with Crippen LogP contribution in [0.15, 0.2) is 45.6 Å². The van der Waals surface area contributed by atoms with Crippen LogP contribution >= 0.6 is 0 Å². The van der Waals surface area contributed by atoms with E-state index in [0.29, 0.717) is 16.6 Å². The zero-order valence-electron chi connectivity index (χ0n) is 12.1. The number of carbonyl (C=O) groups is 1. The summed E-state index contributed by atoms with van der Waals surface area (Å²) in [5.41, 5.74) is 1.50. The van der Waals surface area contributed by atoms with Gasteiger partial charge in [0.1, 0.15) is 11.2 Å². The minimum Gasteiger partial charge on any atom is -0.478 e. The first kappa shape index (κ1) is 14.3. The molecule has 0 aliphatic rings. The second-order valence-electron chi connectivity index (χ2n) is 5.08. The van der Waals surface area contributed by atoms with Gasteiger partial charge in [-0.05, 0) is 42.8 Å². The number of carboxylic acids is 1. The van der Waals surface area contributed by atoms with Crippen LogP contribution in [0.4, 0.5) is 0 Å². The molecule has 0 bridgehead atoms. The number of fused-ring (bicyclic) bond motifs is 2. The third kappa shape index (κ3) is 2.25. The van der Waals surface area contributed by atoms with Crippen molar-refractivity contribution >= 4 is 27.9 Å². The fourth-order valence-corrected chi connectivity index (χ4v) is 2.40. The lowest BCUT2D eigenvalue weighted by Gasteiger charge is -2.10. The number of carboxylic acid groups (broad SMARTS) is 1. The van der Waals surface area contributed by atoms with E-state index < -0.39 is 5.97 Å². The van der Waals surface area contributed by atoms with Crippen molar-refractivity contribution in [2.75, 3.05) is 7.11 Å². The van der Waals surface area contributed by atoms with E-state index in [0.717, 1.165) is 5.56 Å². The summed E-state index contributed by atoms with van der Waals surface area (Å²) in [6.07, 6.45) is -0.148. The van der Waals surface area contributed by atoms with E-state index in [4.69, 9.17) is 14.3 Å². The molecular formula is C17H14O5. The highest BCUT2D eigenvalue weighted by molar-refractivity contribution is 5.96. The highest BCUT2D eigenvalue weighted by Crippen LogP contribution is 2.24. The number of ether oxygens (including phenoxy) is 1. The van der Waals surface area contributed by atoms with Gasteiger partial charge in [-0.25, -0.2) is 4.79 Å². The van der Waals surface area contributed by atoms with Gasteiger partial charge in [0.05, 0.1) is 22.4 Å². The van der Waals surface area contributed by atoms with Gasteiger partial charge >= 0.3 is 5.97 Å². The van der Waals surface area contributed by atoms with E-state index in [9.17, 15) is 9.59 Å². The van der Waals surface area contributed by atoms with Crippen LogP contribution in [0, 0.1) is 0 Å². The minimum absolute atomic E-state index is 0.0561. The summed E-state index contributed by atoms with van der Waals surface area (Å²) in [4.78, 5) is 23.7. The first-order chi connectivity index (χ1) is 10.5. The number of hydrogen-bond acceptors (Lipinski definition) is 4. The van der Waals surface area contributed by atoms with Crippen molar-refractivity contribution in [2.45, 2.75) is 13.0 Å².